The van der Waals surface area contributed by atoms with Crippen LogP contribution in [0.2, 0.25) is 5.15 Å². The summed E-state index contributed by atoms with van der Waals surface area (Å²) < 4.78 is 0.250. The molecule has 0 saturated carbocycles. The number of rotatable bonds is 1. The van der Waals surface area contributed by atoms with E-state index in [4.69, 9.17) is 22.4 Å². The van der Waals surface area contributed by atoms with E-state index in [1.807, 2.05) is 0 Å². The summed E-state index contributed by atoms with van der Waals surface area (Å²) in [6.45, 7) is 1.56. The molecule has 0 aliphatic rings. The quantitative estimate of drug-likeness (QED) is 0.762. The van der Waals surface area contributed by atoms with Crippen LogP contribution in [-0.2, 0) is 0 Å². The molecule has 0 spiro atoms. The van der Waals surface area contributed by atoms with Gasteiger partial charge in [0.15, 0.2) is 0 Å². The van der Waals surface area contributed by atoms with E-state index < -0.39 is 5.97 Å². The molecule has 1 rings (SSSR count). The number of hydrogen-bond donors (Lipinski definition) is 2. The van der Waals surface area contributed by atoms with E-state index in [1.54, 1.807) is 6.92 Å². The van der Waals surface area contributed by atoms with E-state index in [0.717, 1.165) is 0 Å². The lowest BCUT2D eigenvalue weighted by Crippen LogP contribution is -2.07. The summed E-state index contributed by atoms with van der Waals surface area (Å²) in [6, 6.07) is 0. The third-order valence-electron chi connectivity index (χ3n) is 1.59. The molecule has 0 bridgehead atoms. The normalized spacial score (nSPS) is 10.1. The van der Waals surface area contributed by atoms with Crippen LogP contribution in [0.4, 0.5) is 5.69 Å². The number of hydrogen-bond acceptors (Lipinski definition) is 3. The summed E-state index contributed by atoms with van der Waals surface area (Å²) >= 11 is 8.69. The van der Waals surface area contributed by atoms with Gasteiger partial charge in [-0.3, -0.25) is 0 Å². The van der Waals surface area contributed by atoms with Crippen molar-refractivity contribution in [2.45, 2.75) is 6.92 Å². The van der Waals surface area contributed by atoms with Crippen LogP contribution in [0.3, 0.4) is 0 Å². The minimum Gasteiger partial charge on any atom is -0.478 e. The van der Waals surface area contributed by atoms with Gasteiger partial charge in [-0.1, -0.05) is 11.6 Å². The van der Waals surface area contributed by atoms with Crippen molar-refractivity contribution in [1.82, 2.24) is 4.98 Å². The molecule has 0 fully saturated rings. The molecule has 1 aromatic heterocycles. The minimum absolute atomic E-state index is 0.00752. The Morgan fingerprint density at radius 3 is 2.69 bits per heavy atom. The molecular weight excluding hydrogens is 259 g/mol. The number of pyridine rings is 1. The van der Waals surface area contributed by atoms with E-state index in [1.165, 1.54) is 0 Å². The lowest BCUT2D eigenvalue weighted by atomic mass is 10.1. The van der Waals surface area contributed by atoms with Crippen molar-refractivity contribution in [3.8, 4) is 0 Å². The number of nitrogens with two attached hydrogens (primary N) is 1. The summed E-state index contributed by atoms with van der Waals surface area (Å²) in [4.78, 5) is 14.6. The van der Waals surface area contributed by atoms with E-state index in [2.05, 4.69) is 20.9 Å². The highest BCUT2D eigenvalue weighted by Gasteiger charge is 2.17. The van der Waals surface area contributed by atoms with E-state index in [0.29, 0.717) is 5.56 Å². The van der Waals surface area contributed by atoms with E-state index in [9.17, 15) is 4.79 Å². The minimum atomic E-state index is -1.11. The topological polar surface area (TPSA) is 76.2 Å². The molecule has 0 radical (unpaired) electrons. The molecule has 0 amide bonds. The first-order valence-electron chi connectivity index (χ1n) is 3.29. The van der Waals surface area contributed by atoms with Gasteiger partial charge in [-0.25, -0.2) is 9.78 Å². The number of carboxylic acids is 1. The smallest absolute Gasteiger partial charge is 0.338 e. The number of aromatic nitrogens is 1. The summed E-state index contributed by atoms with van der Waals surface area (Å²) in [6.07, 6.45) is 0. The number of carboxylic acid groups (broad SMARTS) is 1. The van der Waals surface area contributed by atoms with E-state index in [-0.39, 0.29) is 21.0 Å². The number of halogens is 2. The molecule has 0 saturated heterocycles. The van der Waals surface area contributed by atoms with Crippen molar-refractivity contribution in [3.05, 3.63) is 20.9 Å². The highest BCUT2D eigenvalue weighted by atomic mass is 79.9. The molecule has 6 heteroatoms. The third-order valence-corrected chi connectivity index (χ3v) is 2.56. The first kappa shape index (κ1) is 10.3. The fourth-order valence-electron chi connectivity index (χ4n) is 0.914. The van der Waals surface area contributed by atoms with Gasteiger partial charge in [0, 0.05) is 5.56 Å². The Kier molecular flexibility index (Phi) is 2.77. The number of nitrogens with zero attached hydrogens (tertiary/aromatic N) is 1. The Balaban J connectivity index is 3.56. The van der Waals surface area contributed by atoms with Crippen LogP contribution in [-0.4, -0.2) is 16.1 Å². The van der Waals surface area contributed by atoms with Crippen LogP contribution >= 0.6 is 27.5 Å². The molecule has 13 heavy (non-hydrogen) atoms. The SMILES string of the molecule is Cc1c(Cl)nc(Br)c(N)c1C(=O)O. The highest BCUT2D eigenvalue weighted by Crippen LogP contribution is 2.28. The Labute approximate surface area is 87.8 Å². The Bertz CT molecular complexity index is 355. The zero-order valence-electron chi connectivity index (χ0n) is 6.64. The molecule has 0 aliphatic carbocycles. The largest absolute Gasteiger partial charge is 0.478 e. The predicted octanol–water partition coefficient (Wildman–Crippen LogP) is 2.09. The first-order valence-corrected chi connectivity index (χ1v) is 4.46. The van der Waals surface area contributed by atoms with Crippen LogP contribution in [0.1, 0.15) is 15.9 Å². The van der Waals surface area contributed by atoms with Gasteiger partial charge in [-0.2, -0.15) is 0 Å². The van der Waals surface area contributed by atoms with Gasteiger partial charge in [-0.05, 0) is 22.9 Å². The number of anilines is 1. The Hall–Kier alpha value is -0.810. The van der Waals surface area contributed by atoms with Crippen LogP contribution in [0.5, 0.6) is 0 Å². The highest BCUT2D eigenvalue weighted by molar-refractivity contribution is 9.10. The molecule has 70 valence electrons. The van der Waals surface area contributed by atoms with Crippen molar-refractivity contribution in [1.29, 1.82) is 0 Å². The van der Waals surface area contributed by atoms with Gasteiger partial charge in [0.2, 0.25) is 0 Å². The lowest BCUT2D eigenvalue weighted by molar-refractivity contribution is 0.0697. The Morgan fingerprint density at radius 1 is 1.69 bits per heavy atom. The monoisotopic (exact) mass is 264 g/mol. The fourth-order valence-corrected chi connectivity index (χ4v) is 1.57. The van der Waals surface area contributed by atoms with Gasteiger partial charge in [0.25, 0.3) is 0 Å². The standard InChI is InChI=1S/C7H6BrClN2O2/c1-2-3(7(12)13)4(10)5(8)11-6(2)9/h10H2,1H3,(H,12,13). The zero-order valence-corrected chi connectivity index (χ0v) is 8.98. The fraction of sp³-hybridized carbons (Fsp3) is 0.143. The first-order chi connectivity index (χ1) is 5.95. The van der Waals surface area contributed by atoms with Crippen LogP contribution < -0.4 is 5.73 Å². The average molecular weight is 265 g/mol. The number of aromatic carboxylic acids is 1. The summed E-state index contributed by atoms with van der Waals surface area (Å²) in [5.41, 5.74) is 5.96. The molecule has 1 heterocycles. The van der Waals surface area contributed by atoms with Crippen molar-refractivity contribution in [2.75, 3.05) is 5.73 Å². The van der Waals surface area contributed by atoms with Crippen LogP contribution in [0.15, 0.2) is 4.60 Å². The molecule has 0 unspecified atom stereocenters. The van der Waals surface area contributed by atoms with Crippen molar-refractivity contribution < 1.29 is 9.90 Å². The maximum Gasteiger partial charge on any atom is 0.338 e. The summed E-state index contributed by atoms with van der Waals surface area (Å²) in [5.74, 6) is -1.11. The molecular formula is C7H6BrClN2O2. The van der Waals surface area contributed by atoms with Gasteiger partial charge in [0.05, 0.1) is 11.3 Å². The van der Waals surface area contributed by atoms with Gasteiger partial charge in [0.1, 0.15) is 9.76 Å². The lowest BCUT2D eigenvalue weighted by Gasteiger charge is -2.07. The molecule has 0 aromatic carbocycles. The summed E-state index contributed by atoms with van der Waals surface area (Å²) in [5, 5.41) is 8.95. The molecule has 0 aliphatic heterocycles. The van der Waals surface area contributed by atoms with Gasteiger partial charge in [-0.15, -0.1) is 0 Å². The third kappa shape index (κ3) is 1.76. The maximum atomic E-state index is 10.8. The van der Waals surface area contributed by atoms with Gasteiger partial charge >= 0.3 is 5.97 Å². The maximum absolute atomic E-state index is 10.8. The van der Waals surface area contributed by atoms with E-state index >= 15 is 0 Å². The molecule has 4 nitrogen and oxygen atoms in total. The summed E-state index contributed by atoms with van der Waals surface area (Å²) in [7, 11) is 0. The molecule has 0 atom stereocenters. The average Bonchev–Trinajstić information content (AvgIpc) is 2.01. The Morgan fingerprint density at radius 2 is 2.23 bits per heavy atom. The number of carbonyl (C=O) groups is 1. The molecule has 1 aromatic rings. The second-order valence-corrected chi connectivity index (χ2v) is 3.52. The van der Waals surface area contributed by atoms with Crippen molar-refractivity contribution >= 4 is 39.2 Å². The predicted molar refractivity (Wildman–Crippen MR) is 53.1 cm³/mol. The zero-order chi connectivity index (χ0) is 10.2. The second kappa shape index (κ2) is 3.51. The second-order valence-electron chi connectivity index (χ2n) is 2.41. The van der Waals surface area contributed by atoms with Crippen molar-refractivity contribution in [2.24, 2.45) is 0 Å². The van der Waals surface area contributed by atoms with Crippen LogP contribution in [0.25, 0.3) is 0 Å². The van der Waals surface area contributed by atoms with Gasteiger partial charge < -0.3 is 10.8 Å². The number of nitrogen functional groups attached to an aromatic ring is 1. The van der Waals surface area contributed by atoms with Crippen LogP contribution in [0, 0.1) is 6.92 Å². The molecule has 3 N–H and O–H groups in total. The van der Waals surface area contributed by atoms with Crippen molar-refractivity contribution in [3.63, 3.8) is 0 Å².